The number of nitrogens with zero attached hydrogens (tertiary/aromatic N) is 1. The Morgan fingerprint density at radius 1 is 1.00 bits per heavy atom. The van der Waals surface area contributed by atoms with Crippen LogP contribution in [0.1, 0.15) is 24.8 Å². The van der Waals surface area contributed by atoms with Crippen molar-refractivity contribution in [1.82, 2.24) is 10.2 Å². The summed E-state index contributed by atoms with van der Waals surface area (Å²) in [6, 6.07) is 0. The molecule has 0 bridgehead atoms. The second-order valence-electron chi connectivity index (χ2n) is 5.38. The molecule has 0 aliphatic heterocycles. The summed E-state index contributed by atoms with van der Waals surface area (Å²) in [5.41, 5.74) is 5.91. The highest BCUT2D eigenvalue weighted by Gasteiger charge is 2.15. The molecule has 0 spiro atoms. The Kier molecular flexibility index (Phi) is 8.19. The van der Waals surface area contributed by atoms with Gasteiger partial charge in [0, 0.05) is 12.1 Å². The number of nitrogens with one attached hydrogen (secondary N) is 2. The molecule has 1 aromatic carbocycles. The van der Waals surface area contributed by atoms with Crippen molar-refractivity contribution in [2.75, 3.05) is 51.6 Å². The molecule has 120 valence electrons. The molecule has 0 radical (unpaired) electrons. The third-order valence-electron chi connectivity index (χ3n) is 3.68. The van der Waals surface area contributed by atoms with Crippen LogP contribution in [0.15, 0.2) is 9.59 Å². The molecule has 0 saturated heterocycles. The minimum absolute atomic E-state index is 0.353. The molecule has 0 atom stereocenters. The van der Waals surface area contributed by atoms with Crippen molar-refractivity contribution in [3.63, 3.8) is 0 Å². The number of rotatable bonds is 12. The fraction of sp³-hybridized carbons (Fsp3) is 0.733. The molecule has 4 N–H and O–H groups in total. The van der Waals surface area contributed by atoms with E-state index in [2.05, 4.69) is 15.5 Å². The molecule has 1 rings (SSSR count). The van der Waals surface area contributed by atoms with E-state index in [0.29, 0.717) is 17.8 Å². The van der Waals surface area contributed by atoms with E-state index in [-0.39, 0.29) is 10.9 Å². The molecule has 0 saturated carbocycles. The fourth-order valence-corrected chi connectivity index (χ4v) is 2.36. The Labute approximate surface area is 126 Å². The van der Waals surface area contributed by atoms with Crippen molar-refractivity contribution in [3.8, 4) is 0 Å². The fourth-order valence-electron chi connectivity index (χ4n) is 2.36. The van der Waals surface area contributed by atoms with Gasteiger partial charge in [0.15, 0.2) is 0 Å². The Balaban J connectivity index is 2.25. The SMILES string of the molecule is CNCCCN(CCCN)CCCNc1c(C)c(=O)c1=O. The average Bonchev–Trinajstić information content (AvgIpc) is 2.50. The quantitative estimate of drug-likeness (QED) is 0.361. The molecule has 0 aliphatic rings. The van der Waals surface area contributed by atoms with E-state index in [9.17, 15) is 9.59 Å². The average molecular weight is 296 g/mol. The first kappa shape index (κ1) is 17.8. The zero-order valence-electron chi connectivity index (χ0n) is 13.2. The van der Waals surface area contributed by atoms with Gasteiger partial charge in [-0.15, -0.1) is 0 Å². The van der Waals surface area contributed by atoms with Crippen LogP contribution in [0.5, 0.6) is 0 Å². The van der Waals surface area contributed by atoms with Crippen LogP contribution in [0.3, 0.4) is 0 Å². The topological polar surface area (TPSA) is 87.5 Å². The van der Waals surface area contributed by atoms with Gasteiger partial charge in [-0.05, 0) is 66.0 Å². The predicted molar refractivity (Wildman–Crippen MR) is 87.9 cm³/mol. The lowest BCUT2D eigenvalue weighted by atomic mass is 10.1. The van der Waals surface area contributed by atoms with E-state index in [4.69, 9.17) is 5.73 Å². The summed E-state index contributed by atoms with van der Waals surface area (Å²) in [5.74, 6) is 0. The Bertz CT molecular complexity index is 480. The van der Waals surface area contributed by atoms with Gasteiger partial charge in [0.05, 0.1) is 5.69 Å². The first-order valence-corrected chi connectivity index (χ1v) is 7.72. The molecule has 0 heterocycles. The van der Waals surface area contributed by atoms with Gasteiger partial charge in [-0.2, -0.15) is 0 Å². The monoisotopic (exact) mass is 296 g/mol. The number of hydrogen-bond acceptors (Lipinski definition) is 6. The van der Waals surface area contributed by atoms with Crippen LogP contribution >= 0.6 is 0 Å². The van der Waals surface area contributed by atoms with Gasteiger partial charge in [0.1, 0.15) is 0 Å². The van der Waals surface area contributed by atoms with Crippen LogP contribution in [0.2, 0.25) is 0 Å². The van der Waals surface area contributed by atoms with Crippen molar-refractivity contribution in [1.29, 1.82) is 0 Å². The minimum atomic E-state index is -0.374. The van der Waals surface area contributed by atoms with Crippen LogP contribution in [0.4, 0.5) is 5.69 Å². The van der Waals surface area contributed by atoms with Gasteiger partial charge in [-0.1, -0.05) is 0 Å². The highest BCUT2D eigenvalue weighted by Crippen LogP contribution is 2.05. The normalized spacial score (nSPS) is 11.4. The lowest BCUT2D eigenvalue weighted by Crippen LogP contribution is -2.37. The van der Waals surface area contributed by atoms with Crippen molar-refractivity contribution in [2.45, 2.75) is 26.2 Å². The van der Waals surface area contributed by atoms with Crippen LogP contribution in [-0.2, 0) is 0 Å². The second-order valence-corrected chi connectivity index (χ2v) is 5.38. The predicted octanol–water partition coefficient (Wildman–Crippen LogP) is -0.347. The third-order valence-corrected chi connectivity index (χ3v) is 3.68. The molecule has 0 aromatic heterocycles. The molecule has 21 heavy (non-hydrogen) atoms. The van der Waals surface area contributed by atoms with Crippen LogP contribution in [-0.4, -0.2) is 51.2 Å². The zero-order valence-corrected chi connectivity index (χ0v) is 13.2. The summed E-state index contributed by atoms with van der Waals surface area (Å²) in [6.45, 7) is 7.18. The summed E-state index contributed by atoms with van der Waals surface area (Å²) < 4.78 is 0. The van der Waals surface area contributed by atoms with Crippen LogP contribution in [0.25, 0.3) is 0 Å². The van der Waals surface area contributed by atoms with Gasteiger partial charge in [0.2, 0.25) is 10.9 Å². The van der Waals surface area contributed by atoms with E-state index in [1.54, 1.807) is 6.92 Å². The Hall–Kier alpha value is -1.24. The van der Waals surface area contributed by atoms with Gasteiger partial charge < -0.3 is 21.3 Å². The van der Waals surface area contributed by atoms with Crippen molar-refractivity contribution >= 4 is 5.69 Å². The molecule has 6 heteroatoms. The van der Waals surface area contributed by atoms with Gasteiger partial charge in [-0.25, -0.2) is 0 Å². The molecule has 0 fully saturated rings. The summed E-state index contributed by atoms with van der Waals surface area (Å²) in [4.78, 5) is 24.8. The molecule has 0 amide bonds. The number of hydrogen-bond donors (Lipinski definition) is 3. The number of anilines is 1. The molecule has 1 aromatic rings. The van der Waals surface area contributed by atoms with E-state index >= 15 is 0 Å². The van der Waals surface area contributed by atoms with Crippen LogP contribution < -0.4 is 27.2 Å². The lowest BCUT2D eigenvalue weighted by molar-refractivity contribution is 0.267. The lowest BCUT2D eigenvalue weighted by Gasteiger charge is -2.22. The van der Waals surface area contributed by atoms with Crippen molar-refractivity contribution in [3.05, 3.63) is 26.0 Å². The first-order valence-electron chi connectivity index (χ1n) is 7.72. The summed E-state index contributed by atoms with van der Waals surface area (Å²) in [7, 11) is 1.96. The molecular formula is C15H28N4O2. The van der Waals surface area contributed by atoms with Crippen LogP contribution in [0, 0.1) is 6.92 Å². The zero-order chi connectivity index (χ0) is 15.7. The maximum absolute atomic E-state index is 11.3. The summed E-state index contributed by atoms with van der Waals surface area (Å²) in [6.07, 6.45) is 3.07. The molecule has 6 nitrogen and oxygen atoms in total. The van der Waals surface area contributed by atoms with E-state index in [1.807, 2.05) is 7.05 Å². The molecule has 0 aliphatic carbocycles. The highest BCUT2D eigenvalue weighted by atomic mass is 16.2. The largest absolute Gasteiger partial charge is 0.381 e. The Morgan fingerprint density at radius 3 is 2.19 bits per heavy atom. The van der Waals surface area contributed by atoms with E-state index in [0.717, 1.165) is 52.0 Å². The van der Waals surface area contributed by atoms with Gasteiger partial charge >= 0.3 is 0 Å². The summed E-state index contributed by atoms with van der Waals surface area (Å²) in [5, 5.41) is 6.22. The third kappa shape index (κ3) is 5.57. The van der Waals surface area contributed by atoms with E-state index < -0.39 is 0 Å². The van der Waals surface area contributed by atoms with Crippen molar-refractivity contribution in [2.24, 2.45) is 5.73 Å². The molecule has 0 unspecified atom stereocenters. The maximum Gasteiger partial charge on any atom is 0.249 e. The minimum Gasteiger partial charge on any atom is -0.381 e. The van der Waals surface area contributed by atoms with Gasteiger partial charge in [-0.3, -0.25) is 9.59 Å². The van der Waals surface area contributed by atoms with Crippen molar-refractivity contribution < 1.29 is 0 Å². The maximum atomic E-state index is 11.3. The second kappa shape index (κ2) is 9.65. The first-order chi connectivity index (χ1) is 10.1. The smallest absolute Gasteiger partial charge is 0.249 e. The number of nitrogens with two attached hydrogens (primary N) is 1. The Morgan fingerprint density at radius 2 is 1.62 bits per heavy atom. The highest BCUT2D eigenvalue weighted by molar-refractivity contribution is 5.55. The standard InChI is InChI=1S/C15H28N4O2/c1-12-13(15(21)14(12)20)18-8-5-11-19(9-3-6-16)10-4-7-17-2/h17-18H,3-11,16H2,1-2H3. The summed E-state index contributed by atoms with van der Waals surface area (Å²) >= 11 is 0. The van der Waals surface area contributed by atoms with E-state index in [1.165, 1.54) is 0 Å². The molecular weight excluding hydrogens is 268 g/mol. The van der Waals surface area contributed by atoms with Gasteiger partial charge in [0.25, 0.3) is 0 Å².